The lowest BCUT2D eigenvalue weighted by atomic mass is 10.0. The molecule has 5 nitrogen and oxygen atoms in total. The van der Waals surface area contributed by atoms with E-state index in [1.54, 1.807) is 0 Å². The Kier molecular flexibility index (Phi) is 3.11. The minimum Gasteiger partial charge on any atom is -0.381 e. The molecule has 2 saturated heterocycles. The molecule has 1 N–H and O–H groups in total. The van der Waals surface area contributed by atoms with E-state index in [0.717, 1.165) is 44.3 Å². The van der Waals surface area contributed by atoms with Crippen molar-refractivity contribution in [3.8, 4) is 0 Å². The van der Waals surface area contributed by atoms with Gasteiger partial charge in [0.2, 0.25) is 5.89 Å². The van der Waals surface area contributed by atoms with Crippen molar-refractivity contribution in [2.75, 3.05) is 19.8 Å². The second-order valence-electron chi connectivity index (χ2n) is 5.18. The maximum atomic E-state index is 5.36. The minimum absolute atomic E-state index is 0.246. The Hall–Kier alpha value is -0.940. The van der Waals surface area contributed by atoms with Crippen molar-refractivity contribution in [3.63, 3.8) is 0 Å². The number of hydrogen-bond donors (Lipinski definition) is 1. The lowest BCUT2D eigenvalue weighted by Gasteiger charge is -2.09. The number of nitrogens with zero attached hydrogens (tertiary/aromatic N) is 2. The summed E-state index contributed by atoms with van der Waals surface area (Å²) < 4.78 is 10.7. The van der Waals surface area contributed by atoms with Crippen LogP contribution in [0.4, 0.5) is 0 Å². The first-order chi connectivity index (χ1) is 8.33. The van der Waals surface area contributed by atoms with Gasteiger partial charge in [0.15, 0.2) is 5.82 Å². The summed E-state index contributed by atoms with van der Waals surface area (Å²) in [7, 11) is 0. The Morgan fingerprint density at radius 3 is 3.06 bits per heavy atom. The van der Waals surface area contributed by atoms with E-state index in [0.29, 0.717) is 11.8 Å². The first-order valence-corrected chi connectivity index (χ1v) is 6.46. The van der Waals surface area contributed by atoms with E-state index in [1.165, 1.54) is 6.42 Å². The van der Waals surface area contributed by atoms with Crippen LogP contribution in [-0.2, 0) is 11.2 Å². The van der Waals surface area contributed by atoms with Crippen molar-refractivity contribution in [1.82, 2.24) is 15.5 Å². The maximum absolute atomic E-state index is 5.36. The van der Waals surface area contributed by atoms with Crippen molar-refractivity contribution in [3.05, 3.63) is 11.7 Å². The maximum Gasteiger partial charge on any atom is 0.244 e. The van der Waals surface area contributed by atoms with Gasteiger partial charge in [-0.25, -0.2) is 0 Å². The highest BCUT2D eigenvalue weighted by molar-refractivity contribution is 4.98. The summed E-state index contributed by atoms with van der Waals surface area (Å²) in [4.78, 5) is 4.51. The van der Waals surface area contributed by atoms with Gasteiger partial charge in [0.25, 0.3) is 0 Å². The molecule has 0 spiro atoms. The normalized spacial score (nSPS) is 33.4. The highest BCUT2D eigenvalue weighted by Gasteiger charge is 2.29. The van der Waals surface area contributed by atoms with E-state index in [1.807, 2.05) is 0 Å². The number of hydrogen-bond acceptors (Lipinski definition) is 5. The highest BCUT2D eigenvalue weighted by Crippen LogP contribution is 2.28. The van der Waals surface area contributed by atoms with Crippen LogP contribution in [0.1, 0.15) is 37.5 Å². The quantitative estimate of drug-likeness (QED) is 0.859. The Balaban J connectivity index is 1.65. The van der Waals surface area contributed by atoms with Gasteiger partial charge in [0, 0.05) is 19.6 Å². The third-order valence-electron chi connectivity index (χ3n) is 3.78. The summed E-state index contributed by atoms with van der Waals surface area (Å²) in [5.41, 5.74) is 0. The van der Waals surface area contributed by atoms with Gasteiger partial charge in [-0.1, -0.05) is 12.1 Å². The molecule has 3 atom stereocenters. The Morgan fingerprint density at radius 2 is 2.35 bits per heavy atom. The fourth-order valence-electron chi connectivity index (χ4n) is 2.64. The van der Waals surface area contributed by atoms with E-state index in [4.69, 9.17) is 9.26 Å². The zero-order chi connectivity index (χ0) is 11.7. The van der Waals surface area contributed by atoms with E-state index >= 15 is 0 Å². The predicted octanol–water partition coefficient (Wildman–Crippen LogP) is 1.32. The van der Waals surface area contributed by atoms with E-state index in [9.17, 15) is 0 Å². The summed E-state index contributed by atoms with van der Waals surface area (Å²) in [6.07, 6.45) is 3.17. The predicted molar refractivity (Wildman–Crippen MR) is 61.5 cm³/mol. The molecular weight excluding hydrogens is 218 g/mol. The first-order valence-electron chi connectivity index (χ1n) is 6.46. The van der Waals surface area contributed by atoms with Crippen LogP contribution in [0.25, 0.3) is 0 Å². The molecule has 2 aliphatic heterocycles. The largest absolute Gasteiger partial charge is 0.381 e. The Morgan fingerprint density at radius 1 is 1.41 bits per heavy atom. The molecule has 3 unspecified atom stereocenters. The van der Waals surface area contributed by atoms with Gasteiger partial charge < -0.3 is 14.6 Å². The van der Waals surface area contributed by atoms with Gasteiger partial charge in [-0.15, -0.1) is 0 Å². The molecule has 2 fully saturated rings. The monoisotopic (exact) mass is 237 g/mol. The first kappa shape index (κ1) is 11.2. The van der Waals surface area contributed by atoms with Crippen LogP contribution in [-0.4, -0.2) is 29.9 Å². The van der Waals surface area contributed by atoms with Crippen molar-refractivity contribution in [2.45, 2.75) is 32.2 Å². The molecule has 0 amide bonds. The summed E-state index contributed by atoms with van der Waals surface area (Å²) >= 11 is 0. The van der Waals surface area contributed by atoms with Crippen molar-refractivity contribution in [1.29, 1.82) is 0 Å². The third kappa shape index (κ3) is 2.35. The molecule has 0 bridgehead atoms. The fourth-order valence-corrected chi connectivity index (χ4v) is 2.64. The molecule has 3 rings (SSSR count). The zero-order valence-corrected chi connectivity index (χ0v) is 10.2. The molecule has 1 aromatic rings. The highest BCUT2D eigenvalue weighted by atomic mass is 16.5. The van der Waals surface area contributed by atoms with Gasteiger partial charge in [0.1, 0.15) is 0 Å². The molecule has 2 aliphatic rings. The summed E-state index contributed by atoms with van der Waals surface area (Å²) in [5, 5.41) is 7.49. The van der Waals surface area contributed by atoms with Crippen LogP contribution in [0.3, 0.4) is 0 Å². The molecule has 94 valence electrons. The molecule has 3 heterocycles. The third-order valence-corrected chi connectivity index (χ3v) is 3.78. The van der Waals surface area contributed by atoms with E-state index < -0.39 is 0 Å². The van der Waals surface area contributed by atoms with Gasteiger partial charge >= 0.3 is 0 Å². The van der Waals surface area contributed by atoms with Crippen LogP contribution in [0.2, 0.25) is 0 Å². The fraction of sp³-hybridized carbons (Fsp3) is 0.833. The standard InChI is InChI=1S/C12H19N3O2/c1-8-2-4-13-11(8)12-14-10(15-17-12)6-9-3-5-16-7-9/h8-9,11,13H,2-7H2,1H3. The lowest BCUT2D eigenvalue weighted by molar-refractivity contribution is 0.185. The molecule has 5 heteroatoms. The van der Waals surface area contributed by atoms with Crippen molar-refractivity contribution < 1.29 is 9.26 Å². The van der Waals surface area contributed by atoms with Gasteiger partial charge in [-0.3, -0.25) is 0 Å². The molecular formula is C12H19N3O2. The number of ether oxygens (including phenoxy) is 1. The topological polar surface area (TPSA) is 60.2 Å². The van der Waals surface area contributed by atoms with Gasteiger partial charge in [-0.2, -0.15) is 4.98 Å². The van der Waals surface area contributed by atoms with Crippen LogP contribution >= 0.6 is 0 Å². The summed E-state index contributed by atoms with van der Waals surface area (Å²) in [5.74, 6) is 2.73. The van der Waals surface area contributed by atoms with Crippen molar-refractivity contribution >= 4 is 0 Å². The van der Waals surface area contributed by atoms with Gasteiger partial charge in [0.05, 0.1) is 6.04 Å². The summed E-state index contributed by atoms with van der Waals surface area (Å²) in [6, 6.07) is 0.246. The molecule has 17 heavy (non-hydrogen) atoms. The van der Waals surface area contributed by atoms with Gasteiger partial charge in [-0.05, 0) is 31.2 Å². The average molecular weight is 237 g/mol. The van der Waals surface area contributed by atoms with Crippen molar-refractivity contribution in [2.24, 2.45) is 11.8 Å². The second-order valence-corrected chi connectivity index (χ2v) is 5.18. The number of nitrogens with one attached hydrogen (secondary N) is 1. The molecule has 0 aliphatic carbocycles. The summed E-state index contributed by atoms with van der Waals surface area (Å²) in [6.45, 7) is 4.97. The minimum atomic E-state index is 0.246. The zero-order valence-electron chi connectivity index (χ0n) is 10.2. The molecule has 1 aromatic heterocycles. The van der Waals surface area contributed by atoms with Crippen LogP contribution in [0.15, 0.2) is 4.52 Å². The molecule has 0 radical (unpaired) electrons. The van der Waals surface area contributed by atoms with E-state index in [-0.39, 0.29) is 6.04 Å². The molecule has 0 saturated carbocycles. The molecule has 0 aromatic carbocycles. The van der Waals surface area contributed by atoms with Crippen LogP contribution in [0, 0.1) is 11.8 Å². The number of aromatic nitrogens is 2. The van der Waals surface area contributed by atoms with Crippen LogP contribution < -0.4 is 5.32 Å². The Bertz CT molecular complexity index is 374. The SMILES string of the molecule is CC1CCNC1c1nc(CC2CCOC2)no1. The number of rotatable bonds is 3. The van der Waals surface area contributed by atoms with Crippen LogP contribution in [0.5, 0.6) is 0 Å². The average Bonchev–Trinajstić information content (AvgIpc) is 3.00. The Labute approximate surface area is 101 Å². The smallest absolute Gasteiger partial charge is 0.244 e. The second kappa shape index (κ2) is 4.74. The lowest BCUT2D eigenvalue weighted by Crippen LogP contribution is -2.17. The van der Waals surface area contributed by atoms with E-state index in [2.05, 4.69) is 22.4 Å².